The Bertz CT molecular complexity index is 325. The Morgan fingerprint density at radius 1 is 1.15 bits per heavy atom. The van der Waals surface area contributed by atoms with Gasteiger partial charge < -0.3 is 29.9 Å². The minimum atomic E-state index is -1.49. The minimum absolute atomic E-state index is 0.278. The zero-order valence-electron chi connectivity index (χ0n) is 11.1. The van der Waals surface area contributed by atoms with Crippen molar-refractivity contribution >= 4 is 0 Å². The van der Waals surface area contributed by atoms with E-state index in [1.165, 1.54) is 0 Å². The second kappa shape index (κ2) is 9.09. The van der Waals surface area contributed by atoms with Crippen LogP contribution in [0.5, 0.6) is 0 Å². The summed E-state index contributed by atoms with van der Waals surface area (Å²) in [6.07, 6.45) is -3.88. The lowest BCUT2D eigenvalue weighted by atomic mass is 9.99. The third kappa shape index (κ3) is 4.88. The molecular formula is C11H21N3O6. The van der Waals surface area contributed by atoms with Gasteiger partial charge in [-0.15, -0.1) is 0 Å². The maximum absolute atomic E-state index is 9.85. The fourth-order valence-electron chi connectivity index (χ4n) is 1.99. The van der Waals surface area contributed by atoms with Crippen molar-refractivity contribution in [2.45, 2.75) is 50.0 Å². The maximum Gasteiger partial charge on any atom is 0.184 e. The molecule has 3 unspecified atom stereocenters. The molecule has 20 heavy (non-hydrogen) atoms. The van der Waals surface area contributed by atoms with Crippen molar-refractivity contribution in [3.63, 3.8) is 0 Å². The summed E-state index contributed by atoms with van der Waals surface area (Å²) < 4.78 is 10.2. The number of aliphatic hydroxyl groups is 4. The number of azide groups is 1. The first-order valence-electron chi connectivity index (χ1n) is 6.54. The van der Waals surface area contributed by atoms with Crippen LogP contribution < -0.4 is 0 Å². The summed E-state index contributed by atoms with van der Waals surface area (Å²) in [7, 11) is 0. The largest absolute Gasteiger partial charge is 0.394 e. The average molecular weight is 291 g/mol. The average Bonchev–Trinajstić information content (AvgIpc) is 2.45. The Labute approximate surface area is 116 Å². The highest BCUT2D eigenvalue weighted by Gasteiger charge is 2.44. The van der Waals surface area contributed by atoms with Crippen molar-refractivity contribution in [3.05, 3.63) is 10.4 Å². The van der Waals surface area contributed by atoms with Crippen LogP contribution in [0.15, 0.2) is 5.11 Å². The first-order chi connectivity index (χ1) is 9.61. The van der Waals surface area contributed by atoms with Gasteiger partial charge in [-0.2, -0.15) is 0 Å². The van der Waals surface area contributed by atoms with Crippen molar-refractivity contribution in [2.24, 2.45) is 5.11 Å². The van der Waals surface area contributed by atoms with Crippen LogP contribution >= 0.6 is 0 Å². The molecule has 1 fully saturated rings. The number of hydrogen-bond donors (Lipinski definition) is 4. The molecule has 9 nitrogen and oxygen atoms in total. The molecule has 1 rings (SSSR count). The number of unbranched alkanes of at least 4 members (excludes halogenated alkanes) is 2. The van der Waals surface area contributed by atoms with Crippen molar-refractivity contribution in [1.82, 2.24) is 0 Å². The molecule has 0 amide bonds. The van der Waals surface area contributed by atoms with Crippen LogP contribution in [0.25, 0.3) is 10.4 Å². The Morgan fingerprint density at radius 3 is 2.55 bits per heavy atom. The lowest BCUT2D eigenvalue weighted by Crippen LogP contribution is -2.59. The van der Waals surface area contributed by atoms with Crippen LogP contribution in [0.3, 0.4) is 0 Å². The topological polar surface area (TPSA) is 148 Å². The van der Waals surface area contributed by atoms with Crippen LogP contribution in [0, 0.1) is 0 Å². The summed E-state index contributed by atoms with van der Waals surface area (Å²) in [6, 6.07) is 0. The Morgan fingerprint density at radius 2 is 1.90 bits per heavy atom. The molecule has 0 spiro atoms. The number of nitrogens with zero attached hydrogens (tertiary/aromatic N) is 3. The van der Waals surface area contributed by atoms with Gasteiger partial charge in [-0.25, -0.2) is 0 Å². The fraction of sp³-hybridized carbons (Fsp3) is 1.00. The molecule has 116 valence electrons. The third-order valence-electron chi connectivity index (χ3n) is 3.12. The molecule has 0 aromatic carbocycles. The molecule has 0 aliphatic carbocycles. The van der Waals surface area contributed by atoms with Gasteiger partial charge in [-0.05, 0) is 18.4 Å². The highest BCUT2D eigenvalue weighted by atomic mass is 16.6. The predicted octanol–water partition coefficient (Wildman–Crippen LogP) is -0.717. The molecule has 0 saturated carbocycles. The van der Waals surface area contributed by atoms with E-state index in [1.54, 1.807) is 0 Å². The predicted molar refractivity (Wildman–Crippen MR) is 67.6 cm³/mol. The van der Waals surface area contributed by atoms with Crippen LogP contribution in [0.2, 0.25) is 0 Å². The van der Waals surface area contributed by atoms with E-state index in [1.807, 2.05) is 0 Å². The van der Waals surface area contributed by atoms with E-state index in [4.69, 9.17) is 20.1 Å². The van der Waals surface area contributed by atoms with Gasteiger partial charge in [0, 0.05) is 18.1 Å². The molecular weight excluding hydrogens is 270 g/mol. The van der Waals surface area contributed by atoms with E-state index >= 15 is 0 Å². The molecule has 1 aliphatic heterocycles. The van der Waals surface area contributed by atoms with Crippen molar-refractivity contribution in [1.29, 1.82) is 0 Å². The molecule has 1 saturated heterocycles. The maximum atomic E-state index is 9.85. The van der Waals surface area contributed by atoms with E-state index in [9.17, 15) is 15.3 Å². The summed E-state index contributed by atoms with van der Waals surface area (Å²) >= 11 is 0. The first-order valence-corrected chi connectivity index (χ1v) is 6.54. The lowest BCUT2D eigenvalue weighted by molar-refractivity contribution is -0.294. The second-order valence-corrected chi connectivity index (χ2v) is 4.58. The molecule has 0 radical (unpaired) electrons. The van der Waals surface area contributed by atoms with E-state index < -0.39 is 37.3 Å². The van der Waals surface area contributed by atoms with E-state index in [0.717, 1.165) is 12.8 Å². The smallest absolute Gasteiger partial charge is 0.184 e. The van der Waals surface area contributed by atoms with Gasteiger partial charge in [0.25, 0.3) is 0 Å². The molecule has 1 heterocycles. The Kier molecular flexibility index (Phi) is 7.78. The van der Waals surface area contributed by atoms with Crippen LogP contribution in [-0.2, 0) is 9.47 Å². The molecule has 5 atom stereocenters. The molecule has 0 aromatic rings. The summed E-state index contributed by atoms with van der Waals surface area (Å²) in [4.78, 5) is 2.64. The van der Waals surface area contributed by atoms with Gasteiger partial charge in [-0.1, -0.05) is 11.5 Å². The number of ether oxygens (including phenoxy) is 2. The van der Waals surface area contributed by atoms with Crippen molar-refractivity contribution in [2.75, 3.05) is 19.8 Å². The third-order valence-corrected chi connectivity index (χ3v) is 3.12. The lowest BCUT2D eigenvalue weighted by Gasteiger charge is -2.39. The van der Waals surface area contributed by atoms with Crippen molar-refractivity contribution in [3.8, 4) is 0 Å². The molecule has 9 heteroatoms. The Balaban J connectivity index is 2.30. The van der Waals surface area contributed by atoms with Crippen LogP contribution in [0.1, 0.15) is 19.3 Å². The van der Waals surface area contributed by atoms with Crippen molar-refractivity contribution < 1.29 is 29.9 Å². The first kappa shape index (κ1) is 17.1. The minimum Gasteiger partial charge on any atom is -0.394 e. The Hall–Kier alpha value is -0.930. The van der Waals surface area contributed by atoms with Gasteiger partial charge in [0.05, 0.1) is 6.61 Å². The van der Waals surface area contributed by atoms with Crippen LogP contribution in [-0.4, -0.2) is 70.9 Å². The SMILES string of the molecule is [N-]=[N+]=NCCCCCOC1[C@H](O)C(O)OC(CO)[C@H]1O. The van der Waals surface area contributed by atoms with E-state index in [0.29, 0.717) is 13.0 Å². The normalized spacial score (nSPS) is 33.7. The summed E-state index contributed by atoms with van der Waals surface area (Å²) in [6.45, 7) is 0.223. The number of aliphatic hydroxyl groups excluding tert-OH is 4. The summed E-state index contributed by atoms with van der Waals surface area (Å²) in [5, 5.41) is 41.4. The quantitative estimate of drug-likeness (QED) is 0.201. The van der Waals surface area contributed by atoms with Gasteiger partial charge in [-0.3, -0.25) is 0 Å². The highest BCUT2D eigenvalue weighted by Crippen LogP contribution is 2.22. The summed E-state index contributed by atoms with van der Waals surface area (Å²) in [5.41, 5.74) is 8.09. The monoisotopic (exact) mass is 291 g/mol. The fourth-order valence-corrected chi connectivity index (χ4v) is 1.99. The molecule has 0 bridgehead atoms. The standard InChI is InChI=1S/C11H21N3O6/c12-14-13-4-2-1-3-5-19-10-8(16)7(6-15)20-11(18)9(10)17/h7-11,15-18H,1-6H2/t7?,8-,9+,10?,11?/m1/s1. The van der Waals surface area contributed by atoms with E-state index in [2.05, 4.69) is 10.0 Å². The van der Waals surface area contributed by atoms with Gasteiger partial charge >= 0.3 is 0 Å². The van der Waals surface area contributed by atoms with E-state index in [-0.39, 0.29) is 6.61 Å². The molecule has 1 aliphatic rings. The summed E-state index contributed by atoms with van der Waals surface area (Å²) in [5.74, 6) is 0. The zero-order chi connectivity index (χ0) is 15.0. The zero-order valence-corrected chi connectivity index (χ0v) is 11.1. The number of hydrogen-bond acceptors (Lipinski definition) is 7. The number of rotatable bonds is 8. The molecule has 0 aromatic heterocycles. The van der Waals surface area contributed by atoms with Gasteiger partial charge in [0.15, 0.2) is 6.29 Å². The van der Waals surface area contributed by atoms with Gasteiger partial charge in [0.2, 0.25) is 0 Å². The van der Waals surface area contributed by atoms with Crippen LogP contribution in [0.4, 0.5) is 0 Å². The second-order valence-electron chi connectivity index (χ2n) is 4.58. The molecule has 4 N–H and O–H groups in total. The van der Waals surface area contributed by atoms with Gasteiger partial charge in [0.1, 0.15) is 24.4 Å². The highest BCUT2D eigenvalue weighted by molar-refractivity contribution is 4.89.